The third-order valence-electron chi connectivity index (χ3n) is 2.63. The zero-order chi connectivity index (χ0) is 11.7. The molecule has 1 aromatic rings. The van der Waals surface area contributed by atoms with Crippen molar-refractivity contribution in [2.45, 2.75) is 13.3 Å². The molecule has 5 heteroatoms. The standard InChI is InChI=1S/C11H13N3OS/c1-7(15)14-6-5-8-3-2-4-9(10(8)14)13-11(12)16/h2-4H,5-6H2,1H3,(H3,12,13,16). The van der Waals surface area contributed by atoms with Crippen molar-refractivity contribution in [3.8, 4) is 0 Å². The van der Waals surface area contributed by atoms with Crippen molar-refractivity contribution in [2.24, 2.45) is 5.73 Å². The van der Waals surface area contributed by atoms with E-state index in [9.17, 15) is 4.79 Å². The van der Waals surface area contributed by atoms with Crippen LogP contribution in [0.15, 0.2) is 18.2 Å². The molecule has 0 radical (unpaired) electrons. The molecule has 1 amide bonds. The van der Waals surface area contributed by atoms with Gasteiger partial charge in [0.25, 0.3) is 0 Å². The molecule has 1 aromatic carbocycles. The Labute approximate surface area is 99.4 Å². The number of benzene rings is 1. The molecule has 1 aliphatic heterocycles. The van der Waals surface area contributed by atoms with Gasteiger partial charge in [-0.25, -0.2) is 0 Å². The van der Waals surface area contributed by atoms with Gasteiger partial charge in [-0.15, -0.1) is 0 Å². The van der Waals surface area contributed by atoms with Crippen molar-refractivity contribution in [1.82, 2.24) is 0 Å². The fraction of sp³-hybridized carbons (Fsp3) is 0.273. The van der Waals surface area contributed by atoms with Crippen molar-refractivity contribution >= 4 is 34.6 Å². The summed E-state index contributed by atoms with van der Waals surface area (Å²) in [7, 11) is 0. The number of anilines is 2. The summed E-state index contributed by atoms with van der Waals surface area (Å²) in [4.78, 5) is 13.2. The average Bonchev–Trinajstić information content (AvgIpc) is 2.61. The van der Waals surface area contributed by atoms with E-state index in [1.165, 1.54) is 0 Å². The molecule has 4 nitrogen and oxygen atoms in total. The Kier molecular flexibility index (Phi) is 2.78. The molecule has 0 aliphatic carbocycles. The van der Waals surface area contributed by atoms with Gasteiger partial charge in [0.1, 0.15) is 0 Å². The van der Waals surface area contributed by atoms with Crippen LogP contribution in [0.5, 0.6) is 0 Å². The van der Waals surface area contributed by atoms with Gasteiger partial charge in [0.2, 0.25) is 5.91 Å². The Morgan fingerprint density at radius 2 is 2.31 bits per heavy atom. The summed E-state index contributed by atoms with van der Waals surface area (Å²) in [5, 5.41) is 3.12. The van der Waals surface area contributed by atoms with E-state index >= 15 is 0 Å². The number of nitrogens with one attached hydrogen (secondary N) is 1. The number of hydrogen-bond acceptors (Lipinski definition) is 2. The number of nitrogens with two attached hydrogens (primary N) is 1. The minimum absolute atomic E-state index is 0.0379. The fourth-order valence-electron chi connectivity index (χ4n) is 2.00. The van der Waals surface area contributed by atoms with Gasteiger partial charge in [0, 0.05) is 13.5 Å². The Morgan fingerprint density at radius 1 is 1.56 bits per heavy atom. The Bertz CT molecular complexity index is 459. The predicted molar refractivity (Wildman–Crippen MR) is 68.6 cm³/mol. The molecule has 0 aromatic heterocycles. The second-order valence-electron chi connectivity index (χ2n) is 3.72. The van der Waals surface area contributed by atoms with Crippen LogP contribution in [0, 0.1) is 0 Å². The van der Waals surface area contributed by atoms with E-state index in [0.717, 1.165) is 29.9 Å². The quantitative estimate of drug-likeness (QED) is 0.719. The molecule has 2 rings (SSSR count). The van der Waals surface area contributed by atoms with Gasteiger partial charge in [0.15, 0.2) is 5.11 Å². The first-order valence-corrected chi connectivity index (χ1v) is 5.47. The number of thiocarbonyl (C=S) groups is 1. The first kappa shape index (κ1) is 10.9. The highest BCUT2D eigenvalue weighted by molar-refractivity contribution is 7.80. The third-order valence-corrected chi connectivity index (χ3v) is 2.73. The first-order valence-electron chi connectivity index (χ1n) is 5.06. The second kappa shape index (κ2) is 4.09. The van der Waals surface area contributed by atoms with Gasteiger partial charge in [-0.05, 0) is 30.3 Å². The molecule has 0 saturated carbocycles. The molecule has 84 valence electrons. The minimum atomic E-state index is 0.0379. The van der Waals surface area contributed by atoms with Crippen LogP contribution in [0.3, 0.4) is 0 Å². The third kappa shape index (κ3) is 1.86. The van der Waals surface area contributed by atoms with Crippen LogP contribution >= 0.6 is 12.2 Å². The number of fused-ring (bicyclic) bond motifs is 1. The monoisotopic (exact) mass is 235 g/mol. The SMILES string of the molecule is CC(=O)N1CCc2cccc(NC(N)=S)c21. The smallest absolute Gasteiger partial charge is 0.223 e. The van der Waals surface area contributed by atoms with Gasteiger partial charge in [-0.2, -0.15) is 0 Å². The summed E-state index contributed by atoms with van der Waals surface area (Å²) in [6.45, 7) is 2.29. The molecule has 0 atom stereocenters. The number of para-hydroxylation sites is 1. The molecule has 0 unspecified atom stereocenters. The number of rotatable bonds is 1. The lowest BCUT2D eigenvalue weighted by Gasteiger charge is -2.18. The lowest BCUT2D eigenvalue weighted by Crippen LogP contribution is -2.28. The normalized spacial score (nSPS) is 13.4. The highest BCUT2D eigenvalue weighted by Gasteiger charge is 2.24. The van der Waals surface area contributed by atoms with Gasteiger partial charge in [0.05, 0.1) is 11.4 Å². The minimum Gasteiger partial charge on any atom is -0.376 e. The van der Waals surface area contributed by atoms with Gasteiger partial charge < -0.3 is 16.0 Å². The topological polar surface area (TPSA) is 58.4 Å². The molecule has 3 N–H and O–H groups in total. The van der Waals surface area contributed by atoms with E-state index in [2.05, 4.69) is 5.32 Å². The van der Waals surface area contributed by atoms with Gasteiger partial charge in [-0.1, -0.05) is 12.1 Å². The van der Waals surface area contributed by atoms with Crippen LogP contribution in [0.4, 0.5) is 11.4 Å². The summed E-state index contributed by atoms with van der Waals surface area (Å²) < 4.78 is 0. The van der Waals surface area contributed by atoms with Crippen LogP contribution < -0.4 is 16.0 Å². The summed E-state index contributed by atoms with van der Waals surface area (Å²) >= 11 is 4.82. The molecule has 0 fully saturated rings. The van der Waals surface area contributed by atoms with Crippen LogP contribution in [0.1, 0.15) is 12.5 Å². The van der Waals surface area contributed by atoms with Crippen LogP contribution in [-0.2, 0) is 11.2 Å². The highest BCUT2D eigenvalue weighted by atomic mass is 32.1. The molecular formula is C11H13N3OS. The van der Waals surface area contributed by atoms with E-state index < -0.39 is 0 Å². The molecule has 16 heavy (non-hydrogen) atoms. The summed E-state index contributed by atoms with van der Waals surface area (Å²) in [6, 6.07) is 5.82. The van der Waals surface area contributed by atoms with E-state index in [1.807, 2.05) is 18.2 Å². The lowest BCUT2D eigenvalue weighted by atomic mass is 10.1. The average molecular weight is 235 g/mol. The van der Waals surface area contributed by atoms with Crippen LogP contribution in [0.25, 0.3) is 0 Å². The fourth-order valence-corrected chi connectivity index (χ4v) is 2.11. The largest absolute Gasteiger partial charge is 0.376 e. The molecule has 0 bridgehead atoms. The van der Waals surface area contributed by atoms with Crippen LogP contribution in [0.2, 0.25) is 0 Å². The number of carbonyl (C=O) groups is 1. The lowest BCUT2D eigenvalue weighted by molar-refractivity contribution is -0.116. The van der Waals surface area contributed by atoms with Crippen LogP contribution in [-0.4, -0.2) is 17.6 Å². The Hall–Kier alpha value is -1.62. The van der Waals surface area contributed by atoms with Crippen molar-refractivity contribution < 1.29 is 4.79 Å². The number of amides is 1. The van der Waals surface area contributed by atoms with Crippen molar-refractivity contribution in [3.63, 3.8) is 0 Å². The maximum Gasteiger partial charge on any atom is 0.223 e. The summed E-state index contributed by atoms with van der Waals surface area (Å²) in [5.41, 5.74) is 8.32. The highest BCUT2D eigenvalue weighted by Crippen LogP contribution is 2.35. The predicted octanol–water partition coefficient (Wildman–Crippen LogP) is 1.25. The zero-order valence-corrected chi connectivity index (χ0v) is 9.80. The van der Waals surface area contributed by atoms with E-state index in [4.69, 9.17) is 18.0 Å². The first-order chi connectivity index (χ1) is 7.59. The Morgan fingerprint density at radius 3 is 2.94 bits per heavy atom. The molecule has 1 aliphatic rings. The Balaban J connectivity index is 2.45. The number of carbonyl (C=O) groups excluding carboxylic acids is 1. The maximum absolute atomic E-state index is 11.5. The van der Waals surface area contributed by atoms with E-state index in [1.54, 1.807) is 11.8 Å². The summed E-state index contributed by atoms with van der Waals surface area (Å²) in [5.74, 6) is 0.0379. The molecule has 0 saturated heterocycles. The molecular weight excluding hydrogens is 222 g/mol. The summed E-state index contributed by atoms with van der Waals surface area (Å²) in [6.07, 6.45) is 0.877. The maximum atomic E-state index is 11.5. The van der Waals surface area contributed by atoms with E-state index in [-0.39, 0.29) is 11.0 Å². The van der Waals surface area contributed by atoms with Gasteiger partial charge in [-0.3, -0.25) is 4.79 Å². The van der Waals surface area contributed by atoms with Gasteiger partial charge >= 0.3 is 0 Å². The van der Waals surface area contributed by atoms with Crippen molar-refractivity contribution in [1.29, 1.82) is 0 Å². The molecule has 1 heterocycles. The van der Waals surface area contributed by atoms with Crippen molar-refractivity contribution in [2.75, 3.05) is 16.8 Å². The van der Waals surface area contributed by atoms with Crippen molar-refractivity contribution in [3.05, 3.63) is 23.8 Å². The number of hydrogen-bond donors (Lipinski definition) is 2. The number of nitrogens with zero attached hydrogens (tertiary/aromatic N) is 1. The van der Waals surface area contributed by atoms with E-state index in [0.29, 0.717) is 0 Å². The second-order valence-corrected chi connectivity index (χ2v) is 4.16. The molecule has 0 spiro atoms. The zero-order valence-electron chi connectivity index (χ0n) is 8.99.